The van der Waals surface area contributed by atoms with Gasteiger partial charge < -0.3 is 19.7 Å². The first kappa shape index (κ1) is 16.6. The molecule has 126 valence electrons. The van der Waals surface area contributed by atoms with Gasteiger partial charge in [-0.05, 0) is 41.0 Å². The first-order valence-corrected chi connectivity index (χ1v) is 7.83. The number of carbonyl (C=O) groups excluding carboxylic acids is 1. The molecular weight excluding hydrogens is 316 g/mol. The van der Waals surface area contributed by atoms with Gasteiger partial charge in [0.25, 0.3) is 0 Å². The molecule has 1 N–H and O–H groups in total. The highest BCUT2D eigenvalue weighted by Gasteiger charge is 2.20. The standard InChI is InChI=1S/C21H18O4/c1-25-17-12-8-15(9-13-17)20(14-6-10-16(22)11-7-14)18-4-2-3-5-19(18)21(23)24/h2-13,20,22H,1H3,(H,23,24)/p-1/t20-/m1/s1. The van der Waals surface area contributed by atoms with Gasteiger partial charge in [-0.1, -0.05) is 48.5 Å². The second-order valence-corrected chi connectivity index (χ2v) is 5.67. The van der Waals surface area contributed by atoms with Gasteiger partial charge in [0.15, 0.2) is 0 Å². The molecule has 0 bridgehead atoms. The zero-order valence-corrected chi connectivity index (χ0v) is 13.7. The Morgan fingerprint density at radius 2 is 1.48 bits per heavy atom. The molecule has 0 radical (unpaired) electrons. The molecule has 0 fully saturated rings. The van der Waals surface area contributed by atoms with E-state index < -0.39 is 5.97 Å². The predicted molar refractivity (Wildman–Crippen MR) is 92.8 cm³/mol. The van der Waals surface area contributed by atoms with Gasteiger partial charge in [0, 0.05) is 11.5 Å². The predicted octanol–water partition coefficient (Wildman–Crippen LogP) is 2.94. The van der Waals surface area contributed by atoms with Gasteiger partial charge in [-0.15, -0.1) is 0 Å². The van der Waals surface area contributed by atoms with Crippen molar-refractivity contribution in [2.24, 2.45) is 0 Å². The summed E-state index contributed by atoms with van der Waals surface area (Å²) < 4.78 is 5.20. The number of carboxylic acids is 1. The van der Waals surface area contributed by atoms with Crippen molar-refractivity contribution >= 4 is 5.97 Å². The van der Waals surface area contributed by atoms with E-state index in [9.17, 15) is 15.0 Å². The number of methoxy groups -OCH3 is 1. The summed E-state index contributed by atoms with van der Waals surface area (Å²) in [4.78, 5) is 11.6. The summed E-state index contributed by atoms with van der Waals surface area (Å²) in [6.45, 7) is 0. The van der Waals surface area contributed by atoms with Crippen molar-refractivity contribution in [1.29, 1.82) is 0 Å². The van der Waals surface area contributed by atoms with E-state index in [0.717, 1.165) is 16.9 Å². The summed E-state index contributed by atoms with van der Waals surface area (Å²) >= 11 is 0. The Labute approximate surface area is 146 Å². The molecule has 0 saturated carbocycles. The quantitative estimate of drug-likeness (QED) is 0.729. The average Bonchev–Trinajstić information content (AvgIpc) is 2.64. The van der Waals surface area contributed by atoms with Crippen molar-refractivity contribution in [3.8, 4) is 11.5 Å². The van der Waals surface area contributed by atoms with Crippen molar-refractivity contribution in [3.05, 3.63) is 95.1 Å². The fraction of sp³-hybridized carbons (Fsp3) is 0.0952. The molecule has 3 rings (SSSR count). The van der Waals surface area contributed by atoms with Crippen LogP contribution in [0.3, 0.4) is 0 Å². The number of benzene rings is 3. The zero-order chi connectivity index (χ0) is 17.8. The number of aromatic hydroxyl groups is 1. The number of phenols is 1. The van der Waals surface area contributed by atoms with Crippen LogP contribution in [0.1, 0.15) is 33.0 Å². The van der Waals surface area contributed by atoms with E-state index in [1.54, 1.807) is 55.6 Å². The Morgan fingerprint density at radius 1 is 0.920 bits per heavy atom. The highest BCUT2D eigenvalue weighted by Crippen LogP contribution is 2.35. The number of aromatic carboxylic acids is 1. The number of carbonyl (C=O) groups is 1. The van der Waals surface area contributed by atoms with E-state index in [4.69, 9.17) is 4.74 Å². The second-order valence-electron chi connectivity index (χ2n) is 5.67. The van der Waals surface area contributed by atoms with E-state index in [2.05, 4.69) is 0 Å². The van der Waals surface area contributed by atoms with E-state index in [-0.39, 0.29) is 17.2 Å². The van der Waals surface area contributed by atoms with Crippen molar-refractivity contribution in [2.75, 3.05) is 7.11 Å². The van der Waals surface area contributed by atoms with Gasteiger partial charge in [-0.2, -0.15) is 0 Å². The smallest absolute Gasteiger partial charge is 0.118 e. The maximum Gasteiger partial charge on any atom is 0.118 e. The van der Waals surface area contributed by atoms with Gasteiger partial charge in [0.2, 0.25) is 0 Å². The lowest BCUT2D eigenvalue weighted by Crippen LogP contribution is -2.24. The van der Waals surface area contributed by atoms with Crippen LogP contribution >= 0.6 is 0 Å². The van der Waals surface area contributed by atoms with Crippen LogP contribution < -0.4 is 9.84 Å². The third kappa shape index (κ3) is 3.48. The summed E-state index contributed by atoms with van der Waals surface area (Å²) in [5.74, 6) is -0.639. The summed E-state index contributed by atoms with van der Waals surface area (Å²) in [6.07, 6.45) is 0. The molecule has 0 spiro atoms. The zero-order valence-electron chi connectivity index (χ0n) is 13.7. The summed E-state index contributed by atoms with van der Waals surface area (Å²) in [5.41, 5.74) is 2.58. The highest BCUT2D eigenvalue weighted by atomic mass is 16.5. The Kier molecular flexibility index (Phi) is 4.70. The summed E-state index contributed by atoms with van der Waals surface area (Å²) in [6, 6.07) is 21.1. The molecule has 4 nitrogen and oxygen atoms in total. The fourth-order valence-electron chi connectivity index (χ4n) is 2.95. The molecular formula is C21H17O4-. The molecule has 4 heteroatoms. The third-order valence-electron chi connectivity index (χ3n) is 4.17. The van der Waals surface area contributed by atoms with Crippen LogP contribution in [0, 0.1) is 0 Å². The van der Waals surface area contributed by atoms with Crippen LogP contribution in [0.2, 0.25) is 0 Å². The Balaban J connectivity index is 2.18. The van der Waals surface area contributed by atoms with Crippen LogP contribution in [0.4, 0.5) is 0 Å². The largest absolute Gasteiger partial charge is 0.545 e. The number of hydrogen-bond acceptors (Lipinski definition) is 4. The minimum Gasteiger partial charge on any atom is -0.545 e. The Hall–Kier alpha value is -3.27. The number of ether oxygens (including phenoxy) is 1. The number of carboxylic acid groups (broad SMARTS) is 1. The molecule has 0 aliphatic heterocycles. The average molecular weight is 333 g/mol. The molecule has 0 heterocycles. The lowest BCUT2D eigenvalue weighted by Gasteiger charge is -2.22. The van der Waals surface area contributed by atoms with Crippen LogP contribution in [-0.4, -0.2) is 18.2 Å². The maximum absolute atomic E-state index is 11.6. The van der Waals surface area contributed by atoms with Gasteiger partial charge in [0.05, 0.1) is 13.1 Å². The summed E-state index contributed by atoms with van der Waals surface area (Å²) in [5, 5.41) is 21.1. The lowest BCUT2D eigenvalue weighted by molar-refractivity contribution is -0.255. The van der Waals surface area contributed by atoms with Crippen LogP contribution in [-0.2, 0) is 0 Å². The lowest BCUT2D eigenvalue weighted by atomic mass is 9.83. The minimum absolute atomic E-state index is 0.149. The van der Waals surface area contributed by atoms with Gasteiger partial charge in [-0.3, -0.25) is 0 Å². The van der Waals surface area contributed by atoms with Crippen molar-refractivity contribution in [2.45, 2.75) is 5.92 Å². The molecule has 3 aromatic rings. The van der Waals surface area contributed by atoms with Crippen LogP contribution in [0.25, 0.3) is 0 Å². The third-order valence-corrected chi connectivity index (χ3v) is 4.17. The Bertz CT molecular complexity index is 867. The highest BCUT2D eigenvalue weighted by molar-refractivity contribution is 5.88. The van der Waals surface area contributed by atoms with Gasteiger partial charge >= 0.3 is 0 Å². The monoisotopic (exact) mass is 333 g/mol. The topological polar surface area (TPSA) is 69.6 Å². The van der Waals surface area contributed by atoms with Gasteiger partial charge in [0.1, 0.15) is 11.5 Å². The summed E-state index contributed by atoms with van der Waals surface area (Å²) in [7, 11) is 1.60. The maximum atomic E-state index is 11.6. The van der Waals surface area contributed by atoms with E-state index in [1.807, 2.05) is 24.3 Å². The van der Waals surface area contributed by atoms with E-state index >= 15 is 0 Å². The molecule has 25 heavy (non-hydrogen) atoms. The Morgan fingerprint density at radius 3 is 2.04 bits per heavy atom. The minimum atomic E-state index is -1.21. The molecule has 1 atom stereocenters. The number of hydrogen-bond donors (Lipinski definition) is 1. The van der Waals surface area contributed by atoms with Crippen molar-refractivity contribution in [3.63, 3.8) is 0 Å². The van der Waals surface area contributed by atoms with Crippen LogP contribution in [0.5, 0.6) is 11.5 Å². The first-order valence-electron chi connectivity index (χ1n) is 7.83. The van der Waals surface area contributed by atoms with Crippen molar-refractivity contribution < 1.29 is 19.7 Å². The number of phenolic OH excluding ortho intramolecular Hbond substituents is 1. The molecule has 3 aromatic carbocycles. The number of rotatable bonds is 5. The molecule has 0 aliphatic rings. The molecule has 0 unspecified atom stereocenters. The van der Waals surface area contributed by atoms with E-state index in [1.165, 1.54) is 0 Å². The first-order chi connectivity index (χ1) is 12.1. The van der Waals surface area contributed by atoms with Crippen LogP contribution in [0.15, 0.2) is 72.8 Å². The van der Waals surface area contributed by atoms with Crippen molar-refractivity contribution in [1.82, 2.24) is 0 Å². The molecule has 0 amide bonds. The fourth-order valence-corrected chi connectivity index (χ4v) is 2.95. The normalized spacial score (nSPS) is 11.7. The molecule has 0 aromatic heterocycles. The molecule has 0 saturated heterocycles. The van der Waals surface area contributed by atoms with Gasteiger partial charge in [-0.25, -0.2) is 0 Å². The molecule has 0 aliphatic carbocycles. The SMILES string of the molecule is COc1ccc([C@@H](c2ccc(O)cc2)c2ccccc2C(=O)[O-])cc1. The van der Waals surface area contributed by atoms with E-state index in [0.29, 0.717) is 5.56 Å². The second kappa shape index (κ2) is 7.09.